The monoisotopic (exact) mass is 262 g/mol. The lowest BCUT2D eigenvalue weighted by Crippen LogP contribution is -2.12. The number of nitrogens with one attached hydrogen (secondary N) is 1. The molecule has 74 valence electrons. The van der Waals surface area contributed by atoms with Crippen molar-refractivity contribution in [2.24, 2.45) is 0 Å². The maximum Gasteiger partial charge on any atom is 0.265 e. The SMILES string of the molecule is N#CCc1[nH]c(=O)c(Br)cc1C(F)F. The number of nitrogens with zero attached hydrogens (tertiary/aromatic N) is 1. The fourth-order valence-electron chi connectivity index (χ4n) is 0.978. The van der Waals surface area contributed by atoms with Gasteiger partial charge in [-0.25, -0.2) is 8.78 Å². The van der Waals surface area contributed by atoms with Crippen LogP contribution in [0.3, 0.4) is 0 Å². The molecule has 0 aliphatic heterocycles. The van der Waals surface area contributed by atoms with Gasteiger partial charge in [-0.05, 0) is 22.0 Å². The van der Waals surface area contributed by atoms with Gasteiger partial charge in [-0.2, -0.15) is 5.26 Å². The molecule has 0 aromatic carbocycles. The van der Waals surface area contributed by atoms with E-state index in [1.807, 2.05) is 0 Å². The van der Waals surface area contributed by atoms with Crippen molar-refractivity contribution in [3.63, 3.8) is 0 Å². The van der Waals surface area contributed by atoms with Gasteiger partial charge in [0.05, 0.1) is 17.0 Å². The zero-order valence-electron chi connectivity index (χ0n) is 6.85. The van der Waals surface area contributed by atoms with E-state index in [2.05, 4.69) is 20.9 Å². The highest BCUT2D eigenvalue weighted by atomic mass is 79.9. The van der Waals surface area contributed by atoms with Crippen molar-refractivity contribution in [3.8, 4) is 6.07 Å². The van der Waals surface area contributed by atoms with Crippen molar-refractivity contribution in [1.82, 2.24) is 4.98 Å². The number of aromatic nitrogens is 1. The average molecular weight is 263 g/mol. The highest BCUT2D eigenvalue weighted by Gasteiger charge is 2.15. The fourth-order valence-corrected chi connectivity index (χ4v) is 1.32. The third-order valence-corrected chi connectivity index (χ3v) is 2.19. The van der Waals surface area contributed by atoms with E-state index in [-0.39, 0.29) is 22.2 Å². The highest BCUT2D eigenvalue weighted by Crippen LogP contribution is 2.23. The Kier molecular flexibility index (Phi) is 3.36. The summed E-state index contributed by atoms with van der Waals surface area (Å²) in [5, 5.41) is 8.36. The molecule has 1 aromatic heterocycles. The van der Waals surface area contributed by atoms with Crippen molar-refractivity contribution in [1.29, 1.82) is 5.26 Å². The molecule has 0 saturated heterocycles. The minimum atomic E-state index is -2.70. The lowest BCUT2D eigenvalue weighted by Gasteiger charge is -2.05. The second kappa shape index (κ2) is 4.33. The Morgan fingerprint density at radius 3 is 2.79 bits per heavy atom. The largest absolute Gasteiger partial charge is 0.324 e. The molecular weight excluding hydrogens is 258 g/mol. The first-order chi connectivity index (χ1) is 6.56. The summed E-state index contributed by atoms with van der Waals surface area (Å²) in [5.41, 5.74) is -0.867. The van der Waals surface area contributed by atoms with Gasteiger partial charge in [-0.15, -0.1) is 0 Å². The number of hydrogen-bond donors (Lipinski definition) is 1. The maximum absolute atomic E-state index is 12.4. The lowest BCUT2D eigenvalue weighted by molar-refractivity contribution is 0.149. The Bertz CT molecular complexity index is 436. The smallest absolute Gasteiger partial charge is 0.265 e. The van der Waals surface area contributed by atoms with Crippen LogP contribution in [0.1, 0.15) is 17.7 Å². The van der Waals surface area contributed by atoms with E-state index >= 15 is 0 Å². The van der Waals surface area contributed by atoms with E-state index in [0.717, 1.165) is 6.07 Å². The predicted octanol–water partition coefficient (Wildman–Crippen LogP) is 2.14. The van der Waals surface area contributed by atoms with E-state index in [4.69, 9.17) is 5.26 Å². The van der Waals surface area contributed by atoms with Crippen LogP contribution in [0.25, 0.3) is 0 Å². The molecule has 6 heteroatoms. The summed E-state index contributed by atoms with van der Waals surface area (Å²) in [5.74, 6) is 0. The van der Waals surface area contributed by atoms with Gasteiger partial charge < -0.3 is 4.98 Å². The minimum absolute atomic E-state index is 0.0318. The summed E-state index contributed by atoms with van der Waals surface area (Å²) in [6.45, 7) is 0. The van der Waals surface area contributed by atoms with Crippen molar-refractivity contribution < 1.29 is 8.78 Å². The second-order valence-electron chi connectivity index (χ2n) is 2.52. The Labute approximate surface area is 86.5 Å². The zero-order valence-corrected chi connectivity index (χ0v) is 8.44. The summed E-state index contributed by atoms with van der Waals surface area (Å²) >= 11 is 2.84. The number of H-pyrrole nitrogens is 1. The van der Waals surface area contributed by atoms with E-state index in [9.17, 15) is 13.6 Å². The first kappa shape index (κ1) is 10.9. The van der Waals surface area contributed by atoms with Crippen molar-refractivity contribution in [2.45, 2.75) is 12.8 Å². The van der Waals surface area contributed by atoms with Crippen LogP contribution in [0.4, 0.5) is 8.78 Å². The van der Waals surface area contributed by atoms with Gasteiger partial charge in [0, 0.05) is 11.3 Å². The third kappa shape index (κ3) is 2.17. The molecule has 0 atom stereocenters. The number of aromatic amines is 1. The number of nitriles is 1. The van der Waals surface area contributed by atoms with E-state index in [1.54, 1.807) is 6.07 Å². The minimum Gasteiger partial charge on any atom is -0.324 e. The molecule has 0 amide bonds. The molecule has 0 aliphatic carbocycles. The van der Waals surface area contributed by atoms with Crippen LogP contribution >= 0.6 is 15.9 Å². The molecule has 0 fully saturated rings. The molecule has 0 bridgehead atoms. The summed E-state index contributed by atoms with van der Waals surface area (Å²) in [4.78, 5) is 13.3. The molecule has 1 heterocycles. The Morgan fingerprint density at radius 2 is 2.29 bits per heavy atom. The zero-order chi connectivity index (χ0) is 10.7. The van der Waals surface area contributed by atoms with Gasteiger partial charge in [0.25, 0.3) is 12.0 Å². The van der Waals surface area contributed by atoms with Crippen molar-refractivity contribution in [2.75, 3.05) is 0 Å². The average Bonchev–Trinajstić information content (AvgIpc) is 2.11. The number of hydrogen-bond acceptors (Lipinski definition) is 2. The van der Waals surface area contributed by atoms with Crippen LogP contribution in [0, 0.1) is 11.3 Å². The van der Waals surface area contributed by atoms with Crippen LogP contribution in [0.5, 0.6) is 0 Å². The molecule has 1 aromatic rings. The first-order valence-electron chi connectivity index (χ1n) is 3.63. The molecule has 1 N–H and O–H groups in total. The van der Waals surface area contributed by atoms with Gasteiger partial charge in [-0.1, -0.05) is 0 Å². The summed E-state index contributed by atoms with van der Waals surface area (Å²) in [7, 11) is 0. The van der Waals surface area contributed by atoms with E-state index in [0.29, 0.717) is 0 Å². The Morgan fingerprint density at radius 1 is 1.64 bits per heavy atom. The van der Waals surface area contributed by atoms with Gasteiger partial charge in [0.2, 0.25) is 0 Å². The second-order valence-corrected chi connectivity index (χ2v) is 3.37. The van der Waals surface area contributed by atoms with E-state index < -0.39 is 12.0 Å². The molecule has 1 rings (SSSR count). The molecule has 0 radical (unpaired) electrons. The number of alkyl halides is 2. The molecule has 14 heavy (non-hydrogen) atoms. The van der Waals surface area contributed by atoms with Crippen molar-refractivity contribution in [3.05, 3.63) is 32.2 Å². The molecule has 3 nitrogen and oxygen atoms in total. The standard InChI is InChI=1S/C8H5BrF2N2O/c9-5-3-4(7(10)11)6(1-2-12)13-8(5)14/h3,7H,1H2,(H,13,14). The van der Waals surface area contributed by atoms with Crippen LogP contribution in [0.15, 0.2) is 15.3 Å². The quantitative estimate of drug-likeness (QED) is 0.888. The van der Waals surface area contributed by atoms with Gasteiger partial charge >= 0.3 is 0 Å². The van der Waals surface area contributed by atoms with Crippen molar-refractivity contribution >= 4 is 15.9 Å². The highest BCUT2D eigenvalue weighted by molar-refractivity contribution is 9.10. The molecule has 0 saturated carbocycles. The summed E-state index contributed by atoms with van der Waals surface area (Å²) in [6, 6.07) is 2.75. The van der Waals surface area contributed by atoms with Crippen LogP contribution in [0.2, 0.25) is 0 Å². The van der Waals surface area contributed by atoms with Gasteiger partial charge in [-0.3, -0.25) is 4.79 Å². The normalized spacial score (nSPS) is 10.2. The summed E-state index contributed by atoms with van der Waals surface area (Å²) in [6.07, 6.45) is -2.94. The Balaban J connectivity index is 3.33. The maximum atomic E-state index is 12.4. The molecule has 0 unspecified atom stereocenters. The number of rotatable bonds is 2. The fraction of sp³-hybridized carbons (Fsp3) is 0.250. The third-order valence-electron chi connectivity index (χ3n) is 1.60. The van der Waals surface area contributed by atoms with Gasteiger partial charge in [0.15, 0.2) is 0 Å². The lowest BCUT2D eigenvalue weighted by atomic mass is 10.1. The van der Waals surface area contributed by atoms with E-state index in [1.165, 1.54) is 0 Å². The predicted molar refractivity (Wildman–Crippen MR) is 49.0 cm³/mol. The molecule has 0 aliphatic rings. The van der Waals surface area contributed by atoms with Crippen LogP contribution in [-0.4, -0.2) is 4.98 Å². The number of halogens is 3. The van der Waals surface area contributed by atoms with Gasteiger partial charge in [0.1, 0.15) is 0 Å². The van der Waals surface area contributed by atoms with Crippen LogP contribution < -0.4 is 5.56 Å². The topological polar surface area (TPSA) is 56.6 Å². The van der Waals surface area contributed by atoms with Crippen LogP contribution in [-0.2, 0) is 6.42 Å². The molecule has 0 spiro atoms. The Hall–Kier alpha value is -1.22. The number of pyridine rings is 1. The first-order valence-corrected chi connectivity index (χ1v) is 4.42. The molecular formula is C8H5BrF2N2O. The summed E-state index contributed by atoms with van der Waals surface area (Å²) < 4.78 is 24.9.